The highest BCUT2D eigenvalue weighted by atomic mass is 35.5. The molecular formula is C22H18ClF3N4O2S. The molecule has 0 aliphatic carbocycles. The van der Waals surface area contributed by atoms with Gasteiger partial charge in [-0.3, -0.25) is 10.1 Å². The molecular weight excluding hydrogens is 477 g/mol. The van der Waals surface area contributed by atoms with Crippen molar-refractivity contribution in [3.63, 3.8) is 0 Å². The van der Waals surface area contributed by atoms with Gasteiger partial charge in [-0.15, -0.1) is 0 Å². The molecule has 0 saturated carbocycles. The van der Waals surface area contributed by atoms with Crippen molar-refractivity contribution in [1.82, 2.24) is 9.88 Å². The number of amides is 3. The molecule has 3 aromatic rings. The minimum absolute atomic E-state index is 0.180. The second kappa shape index (κ2) is 9.03. The molecule has 4 rings (SSSR count). The molecule has 0 unspecified atom stereocenters. The van der Waals surface area contributed by atoms with E-state index in [0.717, 1.165) is 16.6 Å². The average molecular weight is 495 g/mol. The van der Waals surface area contributed by atoms with Gasteiger partial charge in [0.25, 0.3) is 5.91 Å². The zero-order valence-corrected chi connectivity index (χ0v) is 18.9. The highest BCUT2D eigenvalue weighted by molar-refractivity contribution is 7.15. The van der Waals surface area contributed by atoms with E-state index in [-0.39, 0.29) is 24.7 Å². The van der Waals surface area contributed by atoms with Crippen molar-refractivity contribution < 1.29 is 22.8 Å². The van der Waals surface area contributed by atoms with E-state index in [0.29, 0.717) is 27.7 Å². The van der Waals surface area contributed by atoms with Gasteiger partial charge in [-0.05, 0) is 36.8 Å². The highest BCUT2D eigenvalue weighted by Gasteiger charge is 2.34. The van der Waals surface area contributed by atoms with E-state index in [4.69, 9.17) is 11.6 Å². The van der Waals surface area contributed by atoms with Crippen molar-refractivity contribution >= 4 is 45.7 Å². The monoisotopic (exact) mass is 494 g/mol. The number of carbonyl (C=O) groups excluding carboxylic acids is 2. The lowest BCUT2D eigenvalue weighted by molar-refractivity contribution is -0.136. The Morgan fingerprint density at radius 2 is 1.88 bits per heavy atom. The first kappa shape index (κ1) is 23.1. The maximum absolute atomic E-state index is 13.2. The third-order valence-corrected chi connectivity index (χ3v) is 6.63. The maximum atomic E-state index is 13.2. The Hall–Kier alpha value is -3.11. The average Bonchev–Trinajstić information content (AvgIpc) is 3.16. The Balaban J connectivity index is 1.45. The van der Waals surface area contributed by atoms with Gasteiger partial charge in [-0.25, -0.2) is 9.78 Å². The summed E-state index contributed by atoms with van der Waals surface area (Å²) in [6, 6.07) is 9.24. The normalized spacial score (nSPS) is 13.4. The predicted molar refractivity (Wildman–Crippen MR) is 121 cm³/mol. The Kier molecular flexibility index (Phi) is 6.31. The number of nitrogens with one attached hydrogen (secondary N) is 2. The Morgan fingerprint density at radius 1 is 1.12 bits per heavy atom. The van der Waals surface area contributed by atoms with Gasteiger partial charge in [0, 0.05) is 28.4 Å². The molecule has 1 aliphatic heterocycles. The van der Waals surface area contributed by atoms with Crippen molar-refractivity contribution in [2.24, 2.45) is 0 Å². The second-order valence-corrected chi connectivity index (χ2v) is 8.89. The maximum Gasteiger partial charge on any atom is 0.418 e. The van der Waals surface area contributed by atoms with Gasteiger partial charge in [-0.2, -0.15) is 13.2 Å². The number of para-hydroxylation sites is 1. The van der Waals surface area contributed by atoms with Crippen LogP contribution in [0.4, 0.5) is 28.8 Å². The molecule has 0 saturated heterocycles. The van der Waals surface area contributed by atoms with Gasteiger partial charge in [0.05, 0.1) is 23.5 Å². The minimum Gasteiger partial charge on any atom is -0.319 e. The molecule has 0 fully saturated rings. The largest absolute Gasteiger partial charge is 0.418 e. The van der Waals surface area contributed by atoms with Gasteiger partial charge in [0.15, 0.2) is 5.13 Å². The molecule has 6 nitrogen and oxygen atoms in total. The van der Waals surface area contributed by atoms with Crippen LogP contribution in [-0.4, -0.2) is 28.4 Å². The summed E-state index contributed by atoms with van der Waals surface area (Å²) in [4.78, 5) is 31.9. The number of hydrogen-bond acceptors (Lipinski definition) is 4. The quantitative estimate of drug-likeness (QED) is 0.471. The molecule has 2 heterocycles. The number of halogens is 4. The molecule has 0 spiro atoms. The van der Waals surface area contributed by atoms with Crippen LogP contribution in [0.15, 0.2) is 42.5 Å². The number of hydrogen-bond donors (Lipinski definition) is 2. The molecule has 2 aromatic carbocycles. The third kappa shape index (κ3) is 4.96. The molecule has 2 N–H and O–H groups in total. The number of nitrogens with zero attached hydrogens (tertiary/aromatic N) is 2. The number of alkyl halides is 3. The number of rotatable bonds is 3. The molecule has 1 aromatic heterocycles. The zero-order chi connectivity index (χ0) is 23.8. The fourth-order valence-electron chi connectivity index (χ4n) is 3.47. The summed E-state index contributed by atoms with van der Waals surface area (Å²) in [7, 11) is 0. The van der Waals surface area contributed by atoms with Gasteiger partial charge in [0.1, 0.15) is 0 Å². The van der Waals surface area contributed by atoms with E-state index in [1.165, 1.54) is 34.4 Å². The van der Waals surface area contributed by atoms with Crippen LogP contribution in [0.1, 0.15) is 32.1 Å². The Bertz CT molecular complexity index is 1230. The van der Waals surface area contributed by atoms with Crippen LogP contribution in [0.3, 0.4) is 0 Å². The molecule has 0 bridgehead atoms. The summed E-state index contributed by atoms with van der Waals surface area (Å²) < 4.78 is 39.6. The van der Waals surface area contributed by atoms with Crippen molar-refractivity contribution in [3.05, 3.63) is 74.7 Å². The summed E-state index contributed by atoms with van der Waals surface area (Å²) in [5.41, 5.74) is 0.628. The topological polar surface area (TPSA) is 74.3 Å². The standard InChI is InChI=1S/C22H18ClF3N4O2S/c1-12-13(5-4-7-15(12)23)19(31)29-20-27-17-9-10-30(11-18(17)33-20)21(32)28-16-8-3-2-6-14(16)22(24,25)26/h2-8H,9-11H2,1H3,(H,28,32)(H,27,29,31). The minimum atomic E-state index is -4.58. The van der Waals surface area contributed by atoms with Crippen LogP contribution in [0.25, 0.3) is 0 Å². The summed E-state index contributed by atoms with van der Waals surface area (Å²) in [6.45, 7) is 2.22. The molecule has 3 amide bonds. The Labute approximate surface area is 196 Å². The second-order valence-electron chi connectivity index (χ2n) is 7.40. The highest BCUT2D eigenvalue weighted by Crippen LogP contribution is 2.35. The van der Waals surface area contributed by atoms with Crippen LogP contribution in [0.2, 0.25) is 5.02 Å². The number of anilines is 2. The van der Waals surface area contributed by atoms with E-state index < -0.39 is 17.8 Å². The lowest BCUT2D eigenvalue weighted by Crippen LogP contribution is -2.38. The number of aromatic nitrogens is 1. The zero-order valence-electron chi connectivity index (χ0n) is 17.3. The first-order valence-corrected chi connectivity index (χ1v) is 11.1. The SMILES string of the molecule is Cc1c(Cl)cccc1C(=O)Nc1nc2c(s1)CN(C(=O)Nc1ccccc1C(F)(F)F)CC2. The fraction of sp³-hybridized carbons (Fsp3) is 0.227. The van der Waals surface area contributed by atoms with Crippen LogP contribution in [0, 0.1) is 6.92 Å². The molecule has 172 valence electrons. The van der Waals surface area contributed by atoms with E-state index >= 15 is 0 Å². The molecule has 0 atom stereocenters. The lowest BCUT2D eigenvalue weighted by Gasteiger charge is -2.26. The van der Waals surface area contributed by atoms with Crippen LogP contribution < -0.4 is 10.6 Å². The number of carbonyl (C=O) groups is 2. The smallest absolute Gasteiger partial charge is 0.319 e. The molecule has 11 heteroatoms. The van der Waals surface area contributed by atoms with Crippen molar-refractivity contribution in [2.75, 3.05) is 17.2 Å². The van der Waals surface area contributed by atoms with Crippen molar-refractivity contribution in [2.45, 2.75) is 26.1 Å². The summed E-state index contributed by atoms with van der Waals surface area (Å²) in [6.07, 6.45) is -4.16. The first-order chi connectivity index (χ1) is 15.6. The van der Waals surface area contributed by atoms with Gasteiger partial charge >= 0.3 is 12.2 Å². The fourth-order valence-corrected chi connectivity index (χ4v) is 4.67. The van der Waals surface area contributed by atoms with Crippen LogP contribution >= 0.6 is 22.9 Å². The number of urea groups is 1. The summed E-state index contributed by atoms with van der Waals surface area (Å²) >= 11 is 7.31. The van der Waals surface area contributed by atoms with Crippen molar-refractivity contribution in [3.8, 4) is 0 Å². The van der Waals surface area contributed by atoms with E-state index in [1.54, 1.807) is 25.1 Å². The molecule has 0 radical (unpaired) electrons. The first-order valence-electron chi connectivity index (χ1n) is 9.90. The van der Waals surface area contributed by atoms with Gasteiger partial charge < -0.3 is 10.2 Å². The lowest BCUT2D eigenvalue weighted by atomic mass is 10.1. The molecule has 33 heavy (non-hydrogen) atoms. The van der Waals surface area contributed by atoms with Gasteiger partial charge in [0.2, 0.25) is 0 Å². The van der Waals surface area contributed by atoms with E-state index in [1.807, 2.05) is 0 Å². The Morgan fingerprint density at radius 3 is 2.64 bits per heavy atom. The number of benzene rings is 2. The molecule has 1 aliphatic rings. The van der Waals surface area contributed by atoms with Crippen molar-refractivity contribution in [1.29, 1.82) is 0 Å². The van der Waals surface area contributed by atoms with Gasteiger partial charge in [-0.1, -0.05) is 41.1 Å². The summed E-state index contributed by atoms with van der Waals surface area (Å²) in [5.74, 6) is -0.348. The number of thiazole rings is 1. The summed E-state index contributed by atoms with van der Waals surface area (Å²) in [5, 5.41) is 5.98. The van der Waals surface area contributed by atoms with Crippen LogP contribution in [0.5, 0.6) is 0 Å². The number of fused-ring (bicyclic) bond motifs is 1. The van der Waals surface area contributed by atoms with E-state index in [2.05, 4.69) is 15.6 Å². The predicted octanol–water partition coefficient (Wildman–Crippen LogP) is 5.97. The van der Waals surface area contributed by atoms with Crippen LogP contribution in [-0.2, 0) is 19.1 Å². The van der Waals surface area contributed by atoms with E-state index in [9.17, 15) is 22.8 Å². The third-order valence-electron chi connectivity index (χ3n) is 5.23.